The monoisotopic (exact) mass is 607 g/mol. The third kappa shape index (κ3) is 4.63. The molecule has 0 spiro atoms. The van der Waals surface area contributed by atoms with Crippen molar-refractivity contribution < 1.29 is 19.1 Å². The Bertz CT molecular complexity index is 1950. The Kier molecular flexibility index (Phi) is 6.87. The van der Waals surface area contributed by atoms with Gasteiger partial charge < -0.3 is 10.1 Å². The van der Waals surface area contributed by atoms with E-state index in [-0.39, 0.29) is 29.1 Å². The van der Waals surface area contributed by atoms with E-state index in [0.717, 1.165) is 27.7 Å². The molecule has 0 bridgehead atoms. The van der Waals surface area contributed by atoms with E-state index in [1.807, 2.05) is 72.8 Å². The second-order valence-electron chi connectivity index (χ2n) is 10.4. The second kappa shape index (κ2) is 10.9. The summed E-state index contributed by atoms with van der Waals surface area (Å²) in [6.07, 6.45) is 0. The van der Waals surface area contributed by atoms with Gasteiger partial charge in [0.05, 0.1) is 23.7 Å². The topological polar surface area (TPSA) is 97.7 Å². The first-order valence-electron chi connectivity index (χ1n) is 13.7. The number of hydrogen-bond donors (Lipinski definition) is 1. The Morgan fingerprint density at radius 3 is 2.35 bits per heavy atom. The summed E-state index contributed by atoms with van der Waals surface area (Å²) < 4.78 is 6.68. The van der Waals surface area contributed by atoms with Crippen molar-refractivity contribution in [3.63, 3.8) is 0 Å². The fourth-order valence-corrected chi connectivity index (χ4v) is 8.70. The number of benzene rings is 4. The maximum absolute atomic E-state index is 14.0. The number of nitrogens with zero attached hydrogens (tertiary/aromatic N) is 2. The number of aromatic nitrogens is 1. The molecule has 43 heavy (non-hydrogen) atoms. The van der Waals surface area contributed by atoms with Gasteiger partial charge in [0.1, 0.15) is 17.5 Å². The number of carbonyl (C=O) groups excluding carboxylic acids is 3. The summed E-state index contributed by atoms with van der Waals surface area (Å²) >= 11 is 2.23. The van der Waals surface area contributed by atoms with Gasteiger partial charge in [-0.25, -0.2) is 4.90 Å². The van der Waals surface area contributed by atoms with Gasteiger partial charge >= 0.3 is 4.87 Å². The molecule has 3 amide bonds. The highest BCUT2D eigenvalue weighted by atomic mass is 32.2. The molecule has 3 atom stereocenters. The SMILES string of the molecule is COc1ccc(N2C(=O)C3Sc4c(sc(=O)n4CC(=O)Nc4cccc5ccccc45)C(c4ccccc4)C3C2=O)cc1. The van der Waals surface area contributed by atoms with Gasteiger partial charge in [0, 0.05) is 21.9 Å². The van der Waals surface area contributed by atoms with Crippen LogP contribution in [0.1, 0.15) is 16.4 Å². The molecular formula is C33H25N3O5S2. The van der Waals surface area contributed by atoms with Crippen LogP contribution >= 0.6 is 23.1 Å². The lowest BCUT2D eigenvalue weighted by Gasteiger charge is -2.30. The third-order valence-electron chi connectivity index (χ3n) is 7.90. The maximum Gasteiger partial charge on any atom is 0.308 e. The van der Waals surface area contributed by atoms with E-state index in [1.54, 1.807) is 31.4 Å². The molecule has 2 aliphatic rings. The molecule has 1 N–H and O–H groups in total. The van der Waals surface area contributed by atoms with Crippen molar-refractivity contribution in [3.8, 4) is 5.75 Å². The van der Waals surface area contributed by atoms with Crippen molar-refractivity contribution in [1.82, 2.24) is 4.57 Å². The van der Waals surface area contributed by atoms with Crippen molar-refractivity contribution in [2.75, 3.05) is 17.3 Å². The number of hydrogen-bond acceptors (Lipinski definition) is 7. The second-order valence-corrected chi connectivity index (χ2v) is 12.5. The molecule has 2 aliphatic heterocycles. The van der Waals surface area contributed by atoms with E-state index in [0.29, 0.717) is 27.0 Å². The molecule has 3 heterocycles. The zero-order valence-electron chi connectivity index (χ0n) is 22.9. The number of nitrogens with one attached hydrogen (secondary N) is 1. The van der Waals surface area contributed by atoms with E-state index < -0.39 is 17.1 Å². The van der Waals surface area contributed by atoms with E-state index in [2.05, 4.69) is 5.32 Å². The number of thioether (sulfide) groups is 1. The molecule has 0 radical (unpaired) electrons. The van der Waals surface area contributed by atoms with Crippen molar-refractivity contribution in [2.45, 2.75) is 22.7 Å². The van der Waals surface area contributed by atoms with Crippen molar-refractivity contribution >= 4 is 63.0 Å². The highest BCUT2D eigenvalue weighted by Crippen LogP contribution is 2.53. The Balaban J connectivity index is 1.26. The minimum absolute atomic E-state index is 0.218. The molecule has 5 aromatic rings. The van der Waals surface area contributed by atoms with Gasteiger partial charge in [-0.15, -0.1) is 0 Å². The van der Waals surface area contributed by atoms with Gasteiger partial charge in [-0.05, 0) is 41.3 Å². The highest BCUT2D eigenvalue weighted by molar-refractivity contribution is 8.00. The number of ether oxygens (including phenoxy) is 1. The van der Waals surface area contributed by atoms with Crippen LogP contribution in [-0.4, -0.2) is 34.6 Å². The van der Waals surface area contributed by atoms with Crippen LogP contribution in [-0.2, 0) is 20.9 Å². The van der Waals surface area contributed by atoms with Crippen LogP contribution in [0, 0.1) is 5.92 Å². The summed E-state index contributed by atoms with van der Waals surface area (Å²) in [5.41, 5.74) is 1.96. The predicted octanol–water partition coefficient (Wildman–Crippen LogP) is 5.51. The molecule has 7 rings (SSSR count). The number of amides is 3. The van der Waals surface area contributed by atoms with Crippen molar-refractivity contribution in [2.24, 2.45) is 5.92 Å². The molecule has 8 nitrogen and oxygen atoms in total. The minimum atomic E-state index is -0.756. The normalized spacial score (nSPS) is 19.3. The molecule has 3 unspecified atom stereocenters. The van der Waals surface area contributed by atoms with Crippen LogP contribution in [0.15, 0.2) is 107 Å². The quantitative estimate of drug-likeness (QED) is 0.256. The number of imide groups is 1. The van der Waals surface area contributed by atoms with Gasteiger partial charge in [0.15, 0.2) is 0 Å². The van der Waals surface area contributed by atoms with Crippen LogP contribution in [0.4, 0.5) is 11.4 Å². The van der Waals surface area contributed by atoms with Crippen molar-refractivity contribution in [3.05, 3.63) is 117 Å². The molecule has 0 saturated carbocycles. The summed E-state index contributed by atoms with van der Waals surface area (Å²) in [6, 6.07) is 29.7. The lowest BCUT2D eigenvalue weighted by atomic mass is 9.83. The Hall–Kier alpha value is -4.67. The summed E-state index contributed by atoms with van der Waals surface area (Å²) in [5, 5.41) is 4.64. The van der Waals surface area contributed by atoms with Gasteiger partial charge in [-0.3, -0.25) is 23.7 Å². The molecule has 1 fully saturated rings. The first-order valence-corrected chi connectivity index (χ1v) is 15.4. The summed E-state index contributed by atoms with van der Waals surface area (Å²) in [6.45, 7) is -0.218. The molecule has 1 saturated heterocycles. The van der Waals surface area contributed by atoms with E-state index in [4.69, 9.17) is 4.74 Å². The van der Waals surface area contributed by atoms with Crippen LogP contribution in [0.2, 0.25) is 0 Å². The molecule has 10 heteroatoms. The average molecular weight is 608 g/mol. The van der Waals surface area contributed by atoms with Crippen LogP contribution < -0.4 is 19.8 Å². The minimum Gasteiger partial charge on any atom is -0.497 e. The number of carbonyl (C=O) groups is 3. The molecular weight excluding hydrogens is 583 g/mol. The summed E-state index contributed by atoms with van der Waals surface area (Å²) in [5.74, 6) is -1.61. The predicted molar refractivity (Wildman–Crippen MR) is 168 cm³/mol. The van der Waals surface area contributed by atoms with Crippen LogP contribution in [0.25, 0.3) is 10.8 Å². The van der Waals surface area contributed by atoms with Gasteiger partial charge in [0.2, 0.25) is 17.7 Å². The largest absolute Gasteiger partial charge is 0.497 e. The molecule has 1 aromatic heterocycles. The summed E-state index contributed by atoms with van der Waals surface area (Å²) in [4.78, 5) is 56.2. The zero-order valence-corrected chi connectivity index (χ0v) is 24.6. The molecule has 4 aromatic carbocycles. The number of methoxy groups -OCH3 is 1. The van der Waals surface area contributed by atoms with E-state index in [9.17, 15) is 19.2 Å². The van der Waals surface area contributed by atoms with Gasteiger partial charge in [0.25, 0.3) is 0 Å². The third-order valence-corrected chi connectivity index (χ3v) is 10.5. The fourth-order valence-electron chi connectivity index (χ4n) is 5.93. The van der Waals surface area contributed by atoms with Gasteiger partial charge in [-0.2, -0.15) is 0 Å². The van der Waals surface area contributed by atoms with Crippen molar-refractivity contribution in [1.29, 1.82) is 0 Å². The Morgan fingerprint density at radius 1 is 0.860 bits per heavy atom. The first-order chi connectivity index (χ1) is 20.9. The van der Waals surface area contributed by atoms with Crippen LogP contribution in [0.5, 0.6) is 5.75 Å². The maximum atomic E-state index is 14.0. The molecule has 0 aliphatic carbocycles. The number of thiazole rings is 1. The van der Waals surface area contributed by atoms with E-state index in [1.165, 1.54) is 21.2 Å². The lowest BCUT2D eigenvalue weighted by molar-refractivity contribution is -0.122. The summed E-state index contributed by atoms with van der Waals surface area (Å²) in [7, 11) is 1.55. The standard InChI is InChI=1S/C33H25N3O5S2/c1-41-22-16-14-21(15-17-22)36-30(38)27-26(20-9-3-2-4-10-20)29-32(42-28(27)31(36)39)35(33(40)43-29)18-25(37)34-24-13-7-11-19-8-5-6-12-23(19)24/h2-17,26-28H,18H2,1H3,(H,34,37). The van der Waals surface area contributed by atoms with Crippen LogP contribution in [0.3, 0.4) is 0 Å². The van der Waals surface area contributed by atoms with Gasteiger partial charge in [-0.1, -0.05) is 89.8 Å². The number of anilines is 2. The first kappa shape index (κ1) is 27.2. The zero-order chi connectivity index (χ0) is 29.7. The molecule has 214 valence electrons. The average Bonchev–Trinajstić information content (AvgIpc) is 3.47. The number of fused-ring (bicyclic) bond motifs is 3. The fraction of sp³-hybridized carbons (Fsp3) is 0.152. The highest BCUT2D eigenvalue weighted by Gasteiger charge is 2.56. The number of rotatable bonds is 6. The Morgan fingerprint density at radius 2 is 1.58 bits per heavy atom. The smallest absolute Gasteiger partial charge is 0.308 e. The van der Waals surface area contributed by atoms with E-state index >= 15 is 0 Å². The lowest BCUT2D eigenvalue weighted by Crippen LogP contribution is -2.33. The Labute approximate surface area is 254 Å².